The van der Waals surface area contributed by atoms with Gasteiger partial charge in [-0.25, -0.2) is 4.85 Å². The van der Waals surface area contributed by atoms with Crippen LogP contribution in [0.25, 0.3) is 4.85 Å². The largest absolute Gasteiger partial charge is 0.350 e. The van der Waals surface area contributed by atoms with Crippen molar-refractivity contribution < 1.29 is 4.79 Å². The number of nitrogens with zero attached hydrogens (tertiary/aromatic N) is 2. The smallest absolute Gasteiger partial charge is 0.251 e. The van der Waals surface area contributed by atoms with Crippen LogP contribution in [0.2, 0.25) is 0 Å². The number of hydrogen-bond acceptors (Lipinski definition) is 2. The highest BCUT2D eigenvalue weighted by Crippen LogP contribution is 2.17. The van der Waals surface area contributed by atoms with Crippen LogP contribution in [0.5, 0.6) is 0 Å². The maximum atomic E-state index is 11.6. The summed E-state index contributed by atoms with van der Waals surface area (Å²) >= 11 is 0. The van der Waals surface area contributed by atoms with Crippen LogP contribution in [0.15, 0.2) is 12.3 Å². The van der Waals surface area contributed by atoms with Crippen molar-refractivity contribution in [2.24, 2.45) is 0 Å². The minimum absolute atomic E-state index is 0.0789. The van der Waals surface area contributed by atoms with Crippen LogP contribution in [0.4, 0.5) is 5.69 Å². The first-order valence-corrected chi connectivity index (χ1v) is 4.69. The number of aromatic nitrogens is 1. The second kappa shape index (κ2) is 4.56. The number of pyridine rings is 1. The van der Waals surface area contributed by atoms with E-state index in [9.17, 15) is 4.79 Å². The molecule has 0 unspecified atom stereocenters. The SMILES string of the molecule is [C-]#[N+]c1cc(C(=O)NC(C)C)cnc1C. The van der Waals surface area contributed by atoms with Gasteiger partial charge < -0.3 is 5.32 Å². The lowest BCUT2D eigenvalue weighted by Crippen LogP contribution is -2.30. The number of rotatable bonds is 2. The van der Waals surface area contributed by atoms with Crippen LogP contribution in [0, 0.1) is 13.5 Å². The highest BCUT2D eigenvalue weighted by molar-refractivity contribution is 5.95. The molecule has 0 saturated heterocycles. The Hall–Kier alpha value is -1.89. The first kappa shape index (κ1) is 11.2. The second-order valence-corrected chi connectivity index (χ2v) is 3.57. The van der Waals surface area contributed by atoms with Gasteiger partial charge in [0.15, 0.2) is 0 Å². The molecule has 1 amide bonds. The summed E-state index contributed by atoms with van der Waals surface area (Å²) in [6.45, 7) is 12.4. The summed E-state index contributed by atoms with van der Waals surface area (Å²) in [5.41, 5.74) is 1.50. The van der Waals surface area contributed by atoms with Crippen molar-refractivity contribution in [3.63, 3.8) is 0 Å². The van der Waals surface area contributed by atoms with Crippen molar-refractivity contribution in [1.29, 1.82) is 0 Å². The molecule has 0 aliphatic rings. The minimum atomic E-state index is -0.192. The summed E-state index contributed by atoms with van der Waals surface area (Å²) in [4.78, 5) is 18.9. The first-order valence-electron chi connectivity index (χ1n) is 4.69. The van der Waals surface area contributed by atoms with Gasteiger partial charge in [-0.2, -0.15) is 0 Å². The average Bonchev–Trinajstić information content (AvgIpc) is 2.17. The molecule has 1 N–H and O–H groups in total. The van der Waals surface area contributed by atoms with E-state index in [1.165, 1.54) is 6.20 Å². The number of hydrogen-bond donors (Lipinski definition) is 1. The van der Waals surface area contributed by atoms with E-state index in [1.54, 1.807) is 13.0 Å². The van der Waals surface area contributed by atoms with E-state index < -0.39 is 0 Å². The molecule has 1 aromatic heterocycles. The van der Waals surface area contributed by atoms with Gasteiger partial charge in [-0.05, 0) is 26.8 Å². The molecule has 0 radical (unpaired) electrons. The van der Waals surface area contributed by atoms with Gasteiger partial charge in [-0.1, -0.05) is 0 Å². The summed E-state index contributed by atoms with van der Waals surface area (Å²) in [6.07, 6.45) is 1.49. The molecular weight excluding hydrogens is 190 g/mol. The van der Waals surface area contributed by atoms with Crippen LogP contribution in [-0.2, 0) is 0 Å². The lowest BCUT2D eigenvalue weighted by molar-refractivity contribution is 0.0943. The molecule has 0 aliphatic heterocycles. The summed E-state index contributed by atoms with van der Waals surface area (Å²) in [5, 5.41) is 2.75. The molecule has 4 heteroatoms. The standard InChI is InChI=1S/C11H13N3O/c1-7(2)14-11(15)9-5-10(12-4)8(3)13-6-9/h5-7H,1-3H3,(H,14,15). The maximum Gasteiger partial charge on any atom is 0.251 e. The molecular formula is C11H13N3O. The second-order valence-electron chi connectivity index (χ2n) is 3.57. The van der Waals surface area contributed by atoms with Crippen LogP contribution in [-0.4, -0.2) is 16.9 Å². The van der Waals surface area contributed by atoms with Crippen LogP contribution < -0.4 is 5.32 Å². The molecule has 0 aliphatic carbocycles. The van der Waals surface area contributed by atoms with E-state index in [4.69, 9.17) is 6.57 Å². The topological polar surface area (TPSA) is 46.4 Å². The Morgan fingerprint density at radius 2 is 2.27 bits per heavy atom. The Kier molecular flexibility index (Phi) is 3.40. The van der Waals surface area contributed by atoms with E-state index in [0.29, 0.717) is 16.9 Å². The van der Waals surface area contributed by atoms with Gasteiger partial charge in [0, 0.05) is 23.5 Å². The molecule has 15 heavy (non-hydrogen) atoms. The third-order valence-corrected chi connectivity index (χ3v) is 1.86. The molecule has 78 valence electrons. The Bertz CT molecular complexity index is 418. The lowest BCUT2D eigenvalue weighted by atomic mass is 10.2. The van der Waals surface area contributed by atoms with E-state index in [1.807, 2.05) is 13.8 Å². The third-order valence-electron chi connectivity index (χ3n) is 1.86. The normalized spacial score (nSPS) is 9.80. The van der Waals surface area contributed by atoms with Crippen molar-refractivity contribution in [3.05, 3.63) is 34.9 Å². The molecule has 0 saturated carbocycles. The molecule has 0 atom stereocenters. The zero-order valence-electron chi connectivity index (χ0n) is 9.03. The Morgan fingerprint density at radius 1 is 1.60 bits per heavy atom. The zero-order valence-corrected chi connectivity index (χ0v) is 9.03. The Labute approximate surface area is 89.2 Å². The van der Waals surface area contributed by atoms with Crippen LogP contribution in [0.1, 0.15) is 29.9 Å². The highest BCUT2D eigenvalue weighted by atomic mass is 16.1. The highest BCUT2D eigenvalue weighted by Gasteiger charge is 2.09. The fourth-order valence-electron chi connectivity index (χ4n) is 1.10. The molecule has 0 spiro atoms. The van der Waals surface area contributed by atoms with E-state index in [2.05, 4.69) is 15.1 Å². The molecule has 1 heterocycles. The number of aryl methyl sites for hydroxylation is 1. The monoisotopic (exact) mass is 203 g/mol. The maximum absolute atomic E-state index is 11.6. The van der Waals surface area contributed by atoms with Gasteiger partial charge in [0.1, 0.15) is 0 Å². The van der Waals surface area contributed by atoms with Crippen molar-refractivity contribution in [2.45, 2.75) is 26.8 Å². The predicted octanol–water partition coefficient (Wildman–Crippen LogP) is 2.08. The summed E-state index contributed by atoms with van der Waals surface area (Å²) < 4.78 is 0. The van der Waals surface area contributed by atoms with Crippen molar-refractivity contribution >= 4 is 11.6 Å². The molecule has 0 bridgehead atoms. The summed E-state index contributed by atoms with van der Waals surface area (Å²) in [7, 11) is 0. The van der Waals surface area contributed by atoms with Crippen LogP contribution >= 0.6 is 0 Å². The third kappa shape index (κ3) is 2.78. The molecule has 0 fully saturated rings. The van der Waals surface area contributed by atoms with Gasteiger partial charge in [0.05, 0.1) is 6.57 Å². The number of nitrogens with one attached hydrogen (secondary N) is 1. The number of carbonyl (C=O) groups excluding carboxylic acids is 1. The van der Waals surface area contributed by atoms with Gasteiger partial charge in [0.25, 0.3) is 5.91 Å². The van der Waals surface area contributed by atoms with Crippen LogP contribution in [0.3, 0.4) is 0 Å². The van der Waals surface area contributed by atoms with Gasteiger partial charge in [-0.3, -0.25) is 9.78 Å². The van der Waals surface area contributed by atoms with E-state index in [0.717, 1.165) is 0 Å². The minimum Gasteiger partial charge on any atom is -0.350 e. The van der Waals surface area contributed by atoms with Gasteiger partial charge >= 0.3 is 0 Å². The molecule has 0 aromatic carbocycles. The van der Waals surface area contributed by atoms with Gasteiger partial charge in [-0.15, -0.1) is 0 Å². The van der Waals surface area contributed by atoms with Crippen molar-refractivity contribution in [2.75, 3.05) is 0 Å². The van der Waals surface area contributed by atoms with Crippen molar-refractivity contribution in [3.8, 4) is 0 Å². The molecule has 1 aromatic rings. The zero-order chi connectivity index (χ0) is 11.4. The molecule has 1 rings (SSSR count). The first-order chi connectivity index (χ1) is 7.04. The quantitative estimate of drug-likeness (QED) is 0.748. The molecule has 4 nitrogen and oxygen atoms in total. The predicted molar refractivity (Wildman–Crippen MR) is 57.8 cm³/mol. The summed E-state index contributed by atoms with van der Waals surface area (Å²) in [5.74, 6) is -0.192. The number of amides is 1. The van der Waals surface area contributed by atoms with Gasteiger partial charge in [0.2, 0.25) is 5.69 Å². The van der Waals surface area contributed by atoms with Crippen molar-refractivity contribution in [1.82, 2.24) is 10.3 Å². The fourth-order valence-corrected chi connectivity index (χ4v) is 1.10. The van der Waals surface area contributed by atoms with E-state index in [-0.39, 0.29) is 11.9 Å². The Morgan fingerprint density at radius 3 is 2.80 bits per heavy atom. The Balaban J connectivity index is 2.97. The van der Waals surface area contributed by atoms with E-state index >= 15 is 0 Å². The lowest BCUT2D eigenvalue weighted by Gasteiger charge is -2.08. The fraction of sp³-hybridized carbons (Fsp3) is 0.364. The number of carbonyl (C=O) groups is 1. The average molecular weight is 203 g/mol. The summed E-state index contributed by atoms with van der Waals surface area (Å²) in [6, 6.07) is 1.64.